The van der Waals surface area contributed by atoms with Crippen LogP contribution in [0.1, 0.15) is 164 Å². The van der Waals surface area contributed by atoms with E-state index in [1.807, 2.05) is 25.7 Å². The van der Waals surface area contributed by atoms with E-state index in [4.69, 9.17) is 33.4 Å². The Morgan fingerprint density at radius 3 is 2.39 bits per heavy atom. The number of amides is 2. The SMILES string of the molecule is CN[C@@H](C)C(=O)N[C@H](C(=O)N1CCC[C@H]1c1nc(C(=O)c2ccc(F)c(CCCCCCOCC3OC(O[C@@H]4C5=C([C@H](C)COC(C)=O)C[C@H](O)[C@]5(C)/C=C5/[C@@H](COC)CC[C@H]5[C@@H](C)[C@H]4O)C(O)C(OC(C)=O)C3O)c2)cs1)C1CCCCC1. The van der Waals surface area contributed by atoms with Crippen LogP contribution >= 0.6 is 11.3 Å². The molecule has 19 nitrogen and oxygen atoms in total. The van der Waals surface area contributed by atoms with Crippen LogP contribution in [0.3, 0.4) is 0 Å². The van der Waals surface area contributed by atoms with E-state index in [2.05, 4.69) is 16.7 Å². The third kappa shape index (κ3) is 14.9. The minimum Gasteiger partial charge on any atom is -0.465 e. The number of aryl methyl sites for hydroxylation is 1. The van der Waals surface area contributed by atoms with Crippen molar-refractivity contribution in [3.05, 3.63) is 74.0 Å². The summed E-state index contributed by atoms with van der Waals surface area (Å²) in [4.78, 5) is 72.3. The van der Waals surface area contributed by atoms with Crippen molar-refractivity contribution in [2.75, 3.05) is 47.1 Å². The summed E-state index contributed by atoms with van der Waals surface area (Å²) in [6, 6.07) is 2.94. The molecule has 0 bridgehead atoms. The molecule has 2 aromatic rings. The van der Waals surface area contributed by atoms with Crippen LogP contribution in [0.4, 0.5) is 4.39 Å². The van der Waals surface area contributed by atoms with Gasteiger partial charge in [0.25, 0.3) is 0 Å². The van der Waals surface area contributed by atoms with Gasteiger partial charge in [0.2, 0.25) is 17.6 Å². The van der Waals surface area contributed by atoms with Crippen LogP contribution < -0.4 is 10.6 Å². The highest BCUT2D eigenvalue weighted by Crippen LogP contribution is 2.56. The zero-order valence-electron chi connectivity index (χ0n) is 50.2. The number of unbranched alkanes of at least 4 members (excludes halogenated alkanes) is 3. The number of likely N-dealkylation sites (N-methyl/N-ethyl adjacent to an activating group) is 1. The number of carbonyl (C=O) groups is 5. The molecule has 2 saturated carbocycles. The summed E-state index contributed by atoms with van der Waals surface area (Å²) in [5.74, 6) is -3.01. The second-order valence-corrected chi connectivity index (χ2v) is 25.5. The Bertz CT molecular complexity index is 2680. The van der Waals surface area contributed by atoms with E-state index >= 15 is 4.39 Å². The molecule has 0 radical (unpaired) electrons. The van der Waals surface area contributed by atoms with Crippen LogP contribution in [0.2, 0.25) is 0 Å². The summed E-state index contributed by atoms with van der Waals surface area (Å²) in [6.07, 6.45) is 2.58. The van der Waals surface area contributed by atoms with Gasteiger partial charge in [0, 0.05) is 62.3 Å². The van der Waals surface area contributed by atoms with Gasteiger partial charge >= 0.3 is 11.9 Å². The van der Waals surface area contributed by atoms with Crippen molar-refractivity contribution in [2.24, 2.45) is 35.0 Å². The van der Waals surface area contributed by atoms with Crippen LogP contribution in [-0.2, 0) is 54.0 Å². The minimum absolute atomic E-state index is 0.0186. The number of ether oxygens (including phenoxy) is 6. The van der Waals surface area contributed by atoms with Gasteiger partial charge in [-0.15, -0.1) is 11.3 Å². The summed E-state index contributed by atoms with van der Waals surface area (Å²) < 4.78 is 51.0. The van der Waals surface area contributed by atoms with E-state index in [1.165, 1.54) is 30.4 Å². The molecule has 6 aliphatic rings. The summed E-state index contributed by atoms with van der Waals surface area (Å²) in [7, 11) is 3.37. The Morgan fingerprint density at radius 2 is 1.68 bits per heavy atom. The topological polar surface area (TPSA) is 262 Å². The quantitative estimate of drug-likeness (QED) is 0.0264. The van der Waals surface area contributed by atoms with Crippen LogP contribution in [0.5, 0.6) is 0 Å². The number of hydrogen-bond acceptors (Lipinski definition) is 18. The Morgan fingerprint density at radius 1 is 0.929 bits per heavy atom. The fourth-order valence-corrected chi connectivity index (χ4v) is 14.9. The number of benzene rings is 1. The second kappa shape index (κ2) is 29.4. The number of esters is 2. The maximum absolute atomic E-state index is 15.3. The number of halogens is 1. The number of rotatable bonds is 25. The van der Waals surface area contributed by atoms with Crippen LogP contribution in [-0.4, -0.2) is 168 Å². The number of nitrogens with zero attached hydrogens (tertiary/aromatic N) is 2. The molecule has 8 rings (SSSR count). The molecule has 2 saturated heterocycles. The van der Waals surface area contributed by atoms with Crippen molar-refractivity contribution in [1.29, 1.82) is 0 Å². The molecule has 4 fully saturated rings. The first-order valence-electron chi connectivity index (χ1n) is 30.6. The monoisotopic (exact) mass is 1190 g/mol. The predicted molar refractivity (Wildman–Crippen MR) is 310 cm³/mol. The van der Waals surface area contributed by atoms with Crippen LogP contribution in [0.25, 0.3) is 0 Å². The molecule has 6 N–H and O–H groups in total. The van der Waals surface area contributed by atoms with E-state index in [0.29, 0.717) is 73.4 Å². The van der Waals surface area contributed by atoms with Gasteiger partial charge in [0.1, 0.15) is 47.0 Å². The van der Waals surface area contributed by atoms with E-state index in [0.717, 1.165) is 69.4 Å². The maximum atomic E-state index is 15.3. The van der Waals surface area contributed by atoms with Crippen LogP contribution in [0, 0.1) is 40.8 Å². The Hall–Kier alpha value is -4.55. The van der Waals surface area contributed by atoms with Crippen molar-refractivity contribution >= 4 is 40.9 Å². The first-order valence-corrected chi connectivity index (χ1v) is 31.5. The summed E-state index contributed by atoms with van der Waals surface area (Å²) in [6.45, 7) is 11.1. The van der Waals surface area contributed by atoms with Gasteiger partial charge in [-0.1, -0.05) is 63.2 Å². The molecular formula is C63H91FN4O15S. The zero-order chi connectivity index (χ0) is 60.6. The smallest absolute Gasteiger partial charge is 0.303 e. The fraction of sp³-hybridized carbons (Fsp3) is 0.714. The minimum atomic E-state index is -1.70. The number of carbonyl (C=O) groups excluding carboxylic acids is 5. The molecule has 5 unspecified atom stereocenters. The lowest BCUT2D eigenvalue weighted by Crippen LogP contribution is -2.62. The molecule has 16 atom stereocenters. The molecule has 1 aromatic carbocycles. The Labute approximate surface area is 497 Å². The number of aliphatic hydroxyl groups excluding tert-OH is 4. The summed E-state index contributed by atoms with van der Waals surface area (Å²) in [5, 5.41) is 56.2. The number of ketones is 1. The largest absolute Gasteiger partial charge is 0.465 e. The molecular weight excluding hydrogens is 1100 g/mol. The first-order chi connectivity index (χ1) is 40.2. The highest BCUT2D eigenvalue weighted by atomic mass is 32.1. The first kappa shape index (κ1) is 65.4. The molecule has 4 aliphatic carbocycles. The lowest BCUT2D eigenvalue weighted by atomic mass is 9.68. The number of hydrogen-bond donors (Lipinski definition) is 6. The Kier molecular flexibility index (Phi) is 22.9. The highest BCUT2D eigenvalue weighted by Gasteiger charge is 2.56. The van der Waals surface area contributed by atoms with Gasteiger partial charge in [-0.2, -0.15) is 0 Å². The second-order valence-electron chi connectivity index (χ2n) is 24.7. The van der Waals surface area contributed by atoms with Gasteiger partial charge in [-0.3, -0.25) is 24.0 Å². The fourth-order valence-electron chi connectivity index (χ4n) is 13.9. The number of aromatic nitrogens is 1. The van der Waals surface area contributed by atoms with Crippen molar-refractivity contribution in [2.45, 2.75) is 205 Å². The summed E-state index contributed by atoms with van der Waals surface area (Å²) in [5.41, 5.74) is 2.31. The molecule has 84 heavy (non-hydrogen) atoms. The molecule has 0 spiro atoms. The van der Waals surface area contributed by atoms with E-state index in [-0.39, 0.29) is 85.2 Å². The number of thiazole rings is 1. The third-order valence-corrected chi connectivity index (χ3v) is 19.8. The number of aliphatic hydroxyl groups is 4. The van der Waals surface area contributed by atoms with Gasteiger partial charge in [-0.05, 0) is 132 Å². The highest BCUT2D eigenvalue weighted by molar-refractivity contribution is 7.10. The number of nitrogens with one attached hydrogen (secondary N) is 2. The van der Waals surface area contributed by atoms with Gasteiger partial charge in [0.15, 0.2) is 12.4 Å². The van der Waals surface area contributed by atoms with Crippen molar-refractivity contribution in [3.63, 3.8) is 0 Å². The molecule has 21 heteroatoms. The number of likely N-dealkylation sites (tertiary alicyclic amines) is 1. The molecule has 2 aliphatic heterocycles. The van der Waals surface area contributed by atoms with E-state index in [9.17, 15) is 44.4 Å². The average molecular weight is 1200 g/mol. The van der Waals surface area contributed by atoms with Gasteiger partial charge < -0.3 is 64.4 Å². The van der Waals surface area contributed by atoms with E-state index < -0.39 is 84.3 Å². The molecule has 2 amide bonds. The van der Waals surface area contributed by atoms with Crippen molar-refractivity contribution in [3.8, 4) is 0 Å². The molecule has 466 valence electrons. The Balaban J connectivity index is 0.869. The van der Waals surface area contributed by atoms with E-state index in [1.54, 1.807) is 32.5 Å². The lowest BCUT2D eigenvalue weighted by molar-refractivity contribution is -0.318. The number of methoxy groups -OCH3 is 1. The average Bonchev–Trinajstić information content (AvgIpc) is 1.76. The maximum Gasteiger partial charge on any atom is 0.303 e. The normalized spacial score (nSPS) is 31.7. The van der Waals surface area contributed by atoms with Gasteiger partial charge in [0.05, 0.1) is 44.1 Å². The molecule has 3 heterocycles. The van der Waals surface area contributed by atoms with Crippen molar-refractivity contribution in [1.82, 2.24) is 20.5 Å². The molecule has 1 aromatic heterocycles. The van der Waals surface area contributed by atoms with Gasteiger partial charge in [-0.25, -0.2) is 9.37 Å². The van der Waals surface area contributed by atoms with Crippen molar-refractivity contribution < 1.29 is 77.2 Å². The standard InChI is InChI=1S/C63H91FN4O15S/c1-34(30-80-37(4)69)44-28-50(71)63(6)29-45-42(31-78-8)21-23-43(45)35(2)53(72)57(51(44)63)83-62-56(75)58(81-38(5)70)55(74)49(82-62)32-79-26-15-10-9-12-19-40-27-41(22-24-46(40)64)54(73)47-33-84-60(66-47)48-20-16-25-68(48)61(77)52(39-17-13-11-14-18-39)67-59(76)36(3)65-7/h22,24,27,29,33-36,39,42-43,48-50,52-53,55-58,62,65,71-72,74-75H,9-21,23,25-26,28,30-32H2,1-8H3,(H,67,76)/b45-29-/t34-,35-,36+,42-,43+,48+,49?,50+,52+,53-,55?,56?,57-,58?,62?,63+/m1/s1. The number of fused-ring (bicyclic) bond motifs is 2. The third-order valence-electron chi connectivity index (χ3n) is 18.9. The lowest BCUT2D eigenvalue weighted by Gasteiger charge is -2.46. The predicted octanol–water partition coefficient (Wildman–Crippen LogP) is 6.61. The van der Waals surface area contributed by atoms with Crippen LogP contribution in [0.15, 0.2) is 46.4 Å². The zero-order valence-corrected chi connectivity index (χ0v) is 51.0. The summed E-state index contributed by atoms with van der Waals surface area (Å²) >= 11 is 1.33.